The molecule has 0 aliphatic carbocycles. The van der Waals surface area contributed by atoms with Gasteiger partial charge >= 0.3 is 0 Å². The van der Waals surface area contributed by atoms with Crippen molar-refractivity contribution >= 4 is 11.3 Å². The zero-order chi connectivity index (χ0) is 13.8. The van der Waals surface area contributed by atoms with Crippen LogP contribution in [0.4, 0.5) is 0 Å². The topological polar surface area (TPSA) is 44.5 Å². The van der Waals surface area contributed by atoms with E-state index in [1.807, 2.05) is 31.2 Å². The first-order valence-corrected chi connectivity index (χ1v) is 7.10. The summed E-state index contributed by atoms with van der Waals surface area (Å²) in [4.78, 5) is 1.18. The first-order valence-electron chi connectivity index (χ1n) is 6.22. The minimum Gasteiger partial charge on any atom is -0.497 e. The zero-order valence-corrected chi connectivity index (χ0v) is 12.2. The van der Waals surface area contributed by atoms with Crippen LogP contribution in [0, 0.1) is 6.92 Å². The van der Waals surface area contributed by atoms with E-state index in [9.17, 15) is 0 Å². The van der Waals surface area contributed by atoms with E-state index in [1.54, 1.807) is 18.4 Å². The molecule has 0 saturated carbocycles. The normalized spacial score (nSPS) is 13.9. The number of aryl methyl sites for hydroxylation is 1. The Morgan fingerprint density at radius 2 is 1.95 bits per heavy atom. The molecule has 0 spiro atoms. The lowest BCUT2D eigenvalue weighted by molar-refractivity contribution is 0.183. The predicted octanol–water partition coefficient (Wildman–Crippen LogP) is 3.53. The molecule has 0 radical (unpaired) electrons. The molecule has 0 aliphatic heterocycles. The molecular formula is C15H19NO2S. The maximum atomic E-state index is 6.07. The first-order chi connectivity index (χ1) is 9.11. The van der Waals surface area contributed by atoms with E-state index in [2.05, 4.69) is 18.4 Å². The van der Waals surface area contributed by atoms with E-state index in [1.165, 1.54) is 10.4 Å². The van der Waals surface area contributed by atoms with Gasteiger partial charge in [-0.05, 0) is 43.0 Å². The lowest BCUT2D eigenvalue weighted by Gasteiger charge is -2.22. The van der Waals surface area contributed by atoms with E-state index >= 15 is 0 Å². The van der Waals surface area contributed by atoms with E-state index in [0.717, 1.165) is 11.5 Å². The van der Waals surface area contributed by atoms with Gasteiger partial charge in [0.15, 0.2) is 0 Å². The quantitative estimate of drug-likeness (QED) is 0.909. The summed E-state index contributed by atoms with van der Waals surface area (Å²) in [6.07, 6.45) is -0.132. The maximum Gasteiger partial charge on any atom is 0.148 e. The maximum absolute atomic E-state index is 6.07. The van der Waals surface area contributed by atoms with Crippen LogP contribution in [0.5, 0.6) is 11.5 Å². The van der Waals surface area contributed by atoms with Crippen molar-refractivity contribution in [1.82, 2.24) is 0 Å². The van der Waals surface area contributed by atoms with E-state index in [-0.39, 0.29) is 12.1 Å². The van der Waals surface area contributed by atoms with Gasteiger partial charge < -0.3 is 15.2 Å². The van der Waals surface area contributed by atoms with Crippen LogP contribution in [0.15, 0.2) is 35.7 Å². The minimum atomic E-state index is -0.132. The number of benzene rings is 1. The van der Waals surface area contributed by atoms with Crippen LogP contribution in [0.1, 0.15) is 23.5 Å². The van der Waals surface area contributed by atoms with Gasteiger partial charge in [-0.15, -0.1) is 11.3 Å². The number of thiophene rings is 1. The number of ether oxygens (including phenoxy) is 2. The van der Waals surface area contributed by atoms with Crippen molar-refractivity contribution in [3.05, 3.63) is 46.2 Å². The summed E-state index contributed by atoms with van der Waals surface area (Å²) in [6.45, 7) is 4.04. The molecule has 0 fully saturated rings. The molecule has 0 aliphatic rings. The minimum absolute atomic E-state index is 0.0800. The summed E-state index contributed by atoms with van der Waals surface area (Å²) < 4.78 is 11.3. The molecule has 0 saturated heterocycles. The molecular weight excluding hydrogens is 258 g/mol. The van der Waals surface area contributed by atoms with E-state index in [0.29, 0.717) is 0 Å². The molecule has 0 amide bonds. The third kappa shape index (κ3) is 3.28. The fourth-order valence-corrected chi connectivity index (χ4v) is 2.97. The predicted molar refractivity (Wildman–Crippen MR) is 79.1 cm³/mol. The van der Waals surface area contributed by atoms with Crippen molar-refractivity contribution in [2.45, 2.75) is 26.0 Å². The zero-order valence-electron chi connectivity index (χ0n) is 11.4. The Hall–Kier alpha value is -1.52. The second kappa shape index (κ2) is 6.08. The fourth-order valence-electron chi connectivity index (χ4n) is 1.90. The Labute approximate surface area is 118 Å². The molecule has 19 heavy (non-hydrogen) atoms. The Morgan fingerprint density at radius 1 is 1.21 bits per heavy atom. The van der Waals surface area contributed by atoms with Crippen LogP contribution in [-0.2, 0) is 0 Å². The highest BCUT2D eigenvalue weighted by molar-refractivity contribution is 7.10. The largest absolute Gasteiger partial charge is 0.497 e. The van der Waals surface area contributed by atoms with Gasteiger partial charge in [0.1, 0.15) is 17.6 Å². The summed E-state index contributed by atoms with van der Waals surface area (Å²) in [5, 5.41) is 2.06. The number of nitrogens with two attached hydrogens (primary N) is 1. The summed E-state index contributed by atoms with van der Waals surface area (Å²) in [6, 6.07) is 9.60. The lowest BCUT2D eigenvalue weighted by Crippen LogP contribution is -2.28. The van der Waals surface area contributed by atoms with Gasteiger partial charge in [0, 0.05) is 17.0 Å². The second-order valence-electron chi connectivity index (χ2n) is 4.54. The number of hydrogen-bond donors (Lipinski definition) is 1. The summed E-state index contributed by atoms with van der Waals surface area (Å²) in [7, 11) is 1.64. The van der Waals surface area contributed by atoms with Crippen LogP contribution in [-0.4, -0.2) is 13.2 Å². The third-order valence-corrected chi connectivity index (χ3v) is 4.02. The average molecular weight is 277 g/mol. The molecule has 1 aromatic heterocycles. The van der Waals surface area contributed by atoms with Crippen molar-refractivity contribution in [3.8, 4) is 11.5 Å². The molecule has 2 atom stereocenters. The number of rotatable bonds is 5. The molecule has 102 valence electrons. The molecule has 2 rings (SSSR count). The summed E-state index contributed by atoms with van der Waals surface area (Å²) in [5.74, 6) is 1.55. The fraction of sp³-hybridized carbons (Fsp3) is 0.333. The monoisotopic (exact) mass is 277 g/mol. The van der Waals surface area contributed by atoms with Crippen LogP contribution >= 0.6 is 11.3 Å². The van der Waals surface area contributed by atoms with Gasteiger partial charge in [-0.1, -0.05) is 6.07 Å². The molecule has 1 aromatic carbocycles. The van der Waals surface area contributed by atoms with Crippen molar-refractivity contribution in [3.63, 3.8) is 0 Å². The molecule has 2 aromatic rings. The average Bonchev–Trinajstić information content (AvgIpc) is 2.82. The first kappa shape index (κ1) is 13.9. The highest BCUT2D eigenvalue weighted by atomic mass is 32.1. The van der Waals surface area contributed by atoms with Gasteiger partial charge in [-0.25, -0.2) is 0 Å². The molecule has 1 heterocycles. The van der Waals surface area contributed by atoms with Crippen LogP contribution in [0.25, 0.3) is 0 Å². The summed E-state index contributed by atoms with van der Waals surface area (Å²) in [5.41, 5.74) is 7.28. The molecule has 0 bridgehead atoms. The summed E-state index contributed by atoms with van der Waals surface area (Å²) >= 11 is 1.68. The van der Waals surface area contributed by atoms with Crippen molar-refractivity contribution in [2.24, 2.45) is 5.73 Å². The smallest absolute Gasteiger partial charge is 0.148 e. The SMILES string of the molecule is COc1cccc(OC(c2sccc2C)C(C)N)c1. The van der Waals surface area contributed by atoms with Gasteiger partial charge in [0.2, 0.25) is 0 Å². The van der Waals surface area contributed by atoms with Gasteiger partial charge in [0.25, 0.3) is 0 Å². The van der Waals surface area contributed by atoms with Crippen LogP contribution in [0.2, 0.25) is 0 Å². The lowest BCUT2D eigenvalue weighted by atomic mass is 10.1. The molecule has 3 nitrogen and oxygen atoms in total. The van der Waals surface area contributed by atoms with Crippen LogP contribution < -0.4 is 15.2 Å². The standard InChI is InChI=1S/C15H19NO2S/c1-10-7-8-19-15(10)14(11(2)16)18-13-6-4-5-12(9-13)17-3/h4-9,11,14H,16H2,1-3H3. The highest BCUT2D eigenvalue weighted by Gasteiger charge is 2.21. The van der Waals surface area contributed by atoms with Gasteiger partial charge in [-0.3, -0.25) is 0 Å². The third-order valence-electron chi connectivity index (χ3n) is 2.94. The Bertz CT molecular complexity index is 536. The molecule has 2 N–H and O–H groups in total. The number of hydrogen-bond acceptors (Lipinski definition) is 4. The van der Waals surface area contributed by atoms with Crippen molar-refractivity contribution in [1.29, 1.82) is 0 Å². The molecule has 4 heteroatoms. The van der Waals surface area contributed by atoms with Crippen LogP contribution in [0.3, 0.4) is 0 Å². The van der Waals surface area contributed by atoms with Crippen molar-refractivity contribution < 1.29 is 9.47 Å². The van der Waals surface area contributed by atoms with E-state index < -0.39 is 0 Å². The van der Waals surface area contributed by atoms with E-state index in [4.69, 9.17) is 15.2 Å². The second-order valence-corrected chi connectivity index (χ2v) is 5.49. The number of methoxy groups -OCH3 is 1. The Kier molecular flexibility index (Phi) is 4.45. The van der Waals surface area contributed by atoms with Crippen molar-refractivity contribution in [2.75, 3.05) is 7.11 Å². The highest BCUT2D eigenvalue weighted by Crippen LogP contribution is 2.31. The Morgan fingerprint density at radius 3 is 2.53 bits per heavy atom. The van der Waals surface area contributed by atoms with Gasteiger partial charge in [0.05, 0.1) is 7.11 Å². The van der Waals surface area contributed by atoms with Gasteiger partial charge in [-0.2, -0.15) is 0 Å². The molecule has 2 unspecified atom stereocenters. The Balaban J connectivity index is 2.24.